The van der Waals surface area contributed by atoms with Crippen LogP contribution in [0.4, 0.5) is 0 Å². The smallest absolute Gasteiger partial charge is 0.243 e. The number of carbonyl (C=O) groups is 1. The van der Waals surface area contributed by atoms with Crippen LogP contribution in [0.5, 0.6) is 0 Å². The Kier molecular flexibility index (Phi) is 4.71. The van der Waals surface area contributed by atoms with Gasteiger partial charge in [-0.25, -0.2) is 0 Å². The Labute approximate surface area is 115 Å². The molecule has 0 spiro atoms. The van der Waals surface area contributed by atoms with Gasteiger partial charge in [-0.05, 0) is 32.9 Å². The van der Waals surface area contributed by atoms with Gasteiger partial charge in [0.2, 0.25) is 5.91 Å². The van der Waals surface area contributed by atoms with Gasteiger partial charge in [-0.3, -0.25) is 9.69 Å². The minimum absolute atomic E-state index is 0.0329. The normalized spacial score (nSPS) is 15.3. The average molecular weight is 263 g/mol. The van der Waals surface area contributed by atoms with Crippen LogP contribution in [0.2, 0.25) is 0 Å². The number of benzene rings is 1. The van der Waals surface area contributed by atoms with Crippen molar-refractivity contribution in [3.8, 4) is 0 Å². The highest BCUT2D eigenvalue weighted by atomic mass is 16.1. The summed E-state index contributed by atoms with van der Waals surface area (Å²) >= 11 is 0. The summed E-state index contributed by atoms with van der Waals surface area (Å²) in [6, 6.07) is 9.31. The molecule has 0 bridgehead atoms. The molecule has 0 aromatic heterocycles. The van der Waals surface area contributed by atoms with E-state index in [0.717, 1.165) is 12.0 Å². The topological polar surface area (TPSA) is 72.3 Å². The Bertz CT molecular complexity index is 430. The van der Waals surface area contributed by atoms with E-state index in [0.29, 0.717) is 6.54 Å². The van der Waals surface area contributed by atoms with Crippen LogP contribution in [0.15, 0.2) is 30.3 Å². The first kappa shape index (κ1) is 15.7. The molecule has 1 unspecified atom stereocenters. The Morgan fingerprint density at radius 1 is 1.26 bits per heavy atom. The van der Waals surface area contributed by atoms with E-state index in [-0.39, 0.29) is 5.54 Å². The van der Waals surface area contributed by atoms with Crippen molar-refractivity contribution in [2.75, 3.05) is 13.6 Å². The van der Waals surface area contributed by atoms with E-state index in [4.69, 9.17) is 11.5 Å². The monoisotopic (exact) mass is 263 g/mol. The van der Waals surface area contributed by atoms with Crippen LogP contribution >= 0.6 is 0 Å². The molecule has 4 N–H and O–H groups in total. The van der Waals surface area contributed by atoms with E-state index in [9.17, 15) is 4.79 Å². The predicted molar refractivity (Wildman–Crippen MR) is 78.5 cm³/mol. The Hall–Kier alpha value is -1.39. The average Bonchev–Trinajstić information content (AvgIpc) is 2.39. The molecule has 106 valence electrons. The molecule has 1 atom stereocenters. The zero-order valence-corrected chi connectivity index (χ0v) is 12.3. The van der Waals surface area contributed by atoms with Crippen LogP contribution in [0, 0.1) is 0 Å². The molecule has 0 fully saturated rings. The molecule has 0 aliphatic rings. The molecule has 0 radical (unpaired) electrons. The second-order valence-electron chi connectivity index (χ2n) is 5.72. The number of primary amides is 1. The van der Waals surface area contributed by atoms with Crippen LogP contribution in [0.3, 0.4) is 0 Å². The van der Waals surface area contributed by atoms with Crippen molar-refractivity contribution in [3.63, 3.8) is 0 Å². The highest BCUT2D eigenvalue weighted by molar-refractivity contribution is 5.86. The number of nitrogens with zero attached hydrogens (tertiary/aromatic N) is 1. The van der Waals surface area contributed by atoms with Crippen molar-refractivity contribution >= 4 is 5.91 Å². The van der Waals surface area contributed by atoms with Gasteiger partial charge in [-0.1, -0.05) is 37.3 Å². The number of amides is 1. The van der Waals surface area contributed by atoms with Crippen molar-refractivity contribution in [1.82, 2.24) is 4.90 Å². The zero-order chi connectivity index (χ0) is 14.7. The molecular formula is C15H25N3O. The molecule has 0 heterocycles. The third kappa shape index (κ3) is 3.33. The Balaban J connectivity index is 3.06. The molecule has 1 amide bonds. The fraction of sp³-hybridized carbons (Fsp3) is 0.533. The van der Waals surface area contributed by atoms with Gasteiger partial charge >= 0.3 is 0 Å². The predicted octanol–water partition coefficient (Wildman–Crippen LogP) is 1.45. The largest absolute Gasteiger partial charge is 0.368 e. The van der Waals surface area contributed by atoms with Crippen LogP contribution < -0.4 is 11.5 Å². The molecule has 1 aromatic rings. The lowest BCUT2D eigenvalue weighted by molar-refractivity contribution is -0.124. The van der Waals surface area contributed by atoms with Gasteiger partial charge in [0.15, 0.2) is 0 Å². The maximum Gasteiger partial charge on any atom is 0.243 e. The molecule has 19 heavy (non-hydrogen) atoms. The lowest BCUT2D eigenvalue weighted by atomic mass is 9.87. The first-order chi connectivity index (χ1) is 8.74. The highest BCUT2D eigenvalue weighted by Gasteiger charge is 2.38. The Morgan fingerprint density at radius 3 is 2.21 bits per heavy atom. The van der Waals surface area contributed by atoms with E-state index in [1.807, 2.05) is 37.4 Å². The maximum atomic E-state index is 11.8. The molecule has 4 heteroatoms. The molecule has 0 saturated heterocycles. The third-order valence-electron chi connectivity index (χ3n) is 4.11. The fourth-order valence-electron chi connectivity index (χ4n) is 1.91. The minimum atomic E-state index is -1.16. The van der Waals surface area contributed by atoms with Gasteiger partial charge in [0.25, 0.3) is 0 Å². The first-order valence-corrected chi connectivity index (χ1v) is 6.59. The summed E-state index contributed by atoms with van der Waals surface area (Å²) in [4.78, 5) is 13.9. The maximum absolute atomic E-state index is 11.8. The van der Waals surface area contributed by atoms with Crippen molar-refractivity contribution in [1.29, 1.82) is 0 Å². The molecule has 0 saturated carbocycles. The number of hydrogen-bond donors (Lipinski definition) is 2. The lowest BCUT2D eigenvalue weighted by Gasteiger charge is -2.40. The van der Waals surface area contributed by atoms with Crippen molar-refractivity contribution in [2.24, 2.45) is 11.5 Å². The van der Waals surface area contributed by atoms with E-state index in [1.54, 1.807) is 0 Å². The van der Waals surface area contributed by atoms with Crippen LogP contribution in [-0.4, -0.2) is 29.9 Å². The van der Waals surface area contributed by atoms with E-state index >= 15 is 0 Å². The summed E-state index contributed by atoms with van der Waals surface area (Å²) in [7, 11) is 1.97. The quantitative estimate of drug-likeness (QED) is 0.816. The van der Waals surface area contributed by atoms with Crippen molar-refractivity contribution in [3.05, 3.63) is 35.9 Å². The lowest BCUT2D eigenvalue weighted by Crippen LogP contribution is -2.58. The summed E-state index contributed by atoms with van der Waals surface area (Å²) in [5.41, 5.74) is 11.4. The summed E-state index contributed by atoms with van der Waals surface area (Å²) in [6.45, 7) is 6.76. The van der Waals surface area contributed by atoms with E-state index in [2.05, 4.69) is 25.7 Å². The van der Waals surface area contributed by atoms with Gasteiger partial charge in [0, 0.05) is 12.1 Å². The summed E-state index contributed by atoms with van der Waals surface area (Å²) < 4.78 is 0. The summed E-state index contributed by atoms with van der Waals surface area (Å²) in [5, 5.41) is 0. The van der Waals surface area contributed by atoms with Crippen LogP contribution in [-0.2, 0) is 10.3 Å². The molecule has 1 rings (SSSR count). The summed E-state index contributed by atoms with van der Waals surface area (Å²) in [6.07, 6.45) is 0.965. The molecule has 1 aromatic carbocycles. The fourth-order valence-corrected chi connectivity index (χ4v) is 1.91. The molecule has 4 nitrogen and oxygen atoms in total. The first-order valence-electron chi connectivity index (χ1n) is 6.59. The standard InChI is InChI=1S/C15H25N3O/c1-5-14(2,3)18(4)11-15(17,13(16)19)12-9-7-6-8-10-12/h6-10H,5,11,17H2,1-4H3,(H2,16,19). The van der Waals surface area contributed by atoms with Gasteiger partial charge in [-0.2, -0.15) is 0 Å². The number of hydrogen-bond acceptors (Lipinski definition) is 3. The number of rotatable bonds is 6. The van der Waals surface area contributed by atoms with Crippen LogP contribution in [0.1, 0.15) is 32.8 Å². The Morgan fingerprint density at radius 2 is 1.79 bits per heavy atom. The second-order valence-corrected chi connectivity index (χ2v) is 5.72. The zero-order valence-electron chi connectivity index (χ0n) is 12.3. The van der Waals surface area contributed by atoms with Crippen LogP contribution in [0.25, 0.3) is 0 Å². The van der Waals surface area contributed by atoms with E-state index < -0.39 is 11.4 Å². The summed E-state index contributed by atoms with van der Waals surface area (Å²) in [5.74, 6) is -0.502. The van der Waals surface area contributed by atoms with Crippen molar-refractivity contribution < 1.29 is 4.79 Å². The van der Waals surface area contributed by atoms with Gasteiger partial charge in [0.1, 0.15) is 5.54 Å². The van der Waals surface area contributed by atoms with Gasteiger partial charge < -0.3 is 11.5 Å². The highest BCUT2D eigenvalue weighted by Crippen LogP contribution is 2.24. The second kappa shape index (κ2) is 5.72. The van der Waals surface area contributed by atoms with E-state index in [1.165, 1.54) is 0 Å². The number of likely N-dealkylation sites (N-methyl/N-ethyl adjacent to an activating group) is 1. The molecule has 0 aliphatic heterocycles. The minimum Gasteiger partial charge on any atom is -0.368 e. The van der Waals surface area contributed by atoms with Gasteiger partial charge in [0.05, 0.1) is 0 Å². The third-order valence-corrected chi connectivity index (χ3v) is 4.11. The van der Waals surface area contributed by atoms with Gasteiger partial charge in [-0.15, -0.1) is 0 Å². The SMILES string of the molecule is CCC(C)(C)N(C)CC(N)(C(N)=O)c1ccccc1. The number of carbonyl (C=O) groups excluding carboxylic acids is 1. The molecule has 0 aliphatic carbocycles. The molecular weight excluding hydrogens is 238 g/mol. The number of nitrogens with two attached hydrogens (primary N) is 2. The van der Waals surface area contributed by atoms with Crippen molar-refractivity contribution in [2.45, 2.75) is 38.3 Å².